The van der Waals surface area contributed by atoms with E-state index >= 15 is 0 Å². The van der Waals surface area contributed by atoms with Crippen molar-refractivity contribution in [3.63, 3.8) is 0 Å². The van der Waals surface area contributed by atoms with Gasteiger partial charge in [0.15, 0.2) is 5.96 Å². The molecule has 0 radical (unpaired) electrons. The van der Waals surface area contributed by atoms with Gasteiger partial charge in [-0.1, -0.05) is 6.08 Å². The van der Waals surface area contributed by atoms with Crippen LogP contribution in [0, 0.1) is 0 Å². The predicted octanol–water partition coefficient (Wildman–Crippen LogP) is 0.482. The normalized spacial score (nSPS) is 10.0. The van der Waals surface area contributed by atoms with Crippen LogP contribution in [-0.4, -0.2) is 38.0 Å². The van der Waals surface area contributed by atoms with Crippen LogP contribution in [0.25, 0.3) is 0 Å². The summed E-state index contributed by atoms with van der Waals surface area (Å²) in [7, 11) is 0. The number of hydrogen-bond donors (Lipinski definition) is 3. The molecule has 0 aromatic heterocycles. The fourth-order valence-corrected chi connectivity index (χ4v) is 0.910. The molecule has 0 unspecified atom stereocenters. The number of aliphatic imine (C=N–C) groups is 1. The van der Waals surface area contributed by atoms with Crippen LogP contribution in [0.3, 0.4) is 0 Å². The van der Waals surface area contributed by atoms with Crippen molar-refractivity contribution in [2.75, 3.05) is 26.2 Å². The van der Waals surface area contributed by atoms with E-state index in [1.54, 1.807) is 6.08 Å². The van der Waals surface area contributed by atoms with Crippen LogP contribution in [0.2, 0.25) is 0 Å². The van der Waals surface area contributed by atoms with E-state index in [1.807, 2.05) is 6.92 Å². The molecule has 0 atom stereocenters. The van der Waals surface area contributed by atoms with E-state index in [0.717, 1.165) is 12.5 Å². The first-order chi connectivity index (χ1) is 7.20. The number of hydrogen-bond acceptors (Lipinski definition) is 2. The quantitative estimate of drug-likeness (QED) is 0.217. The lowest BCUT2D eigenvalue weighted by molar-refractivity contribution is -0.118. The lowest BCUT2D eigenvalue weighted by Gasteiger charge is -2.09. The van der Waals surface area contributed by atoms with Gasteiger partial charge < -0.3 is 16.0 Å². The van der Waals surface area contributed by atoms with Gasteiger partial charge in [-0.05, 0) is 6.92 Å². The average Bonchev–Trinajstić information content (AvgIpc) is 2.20. The monoisotopic (exact) mass is 340 g/mol. The number of rotatable bonds is 6. The van der Waals surface area contributed by atoms with E-state index in [9.17, 15) is 4.79 Å². The van der Waals surface area contributed by atoms with Gasteiger partial charge in [-0.25, -0.2) is 0 Å². The summed E-state index contributed by atoms with van der Waals surface area (Å²) in [5.74, 6) is 0.706. The number of nitrogens with one attached hydrogen (secondary N) is 3. The molecule has 0 bridgehead atoms. The third kappa shape index (κ3) is 11.3. The van der Waals surface area contributed by atoms with Crippen LogP contribution in [0.5, 0.6) is 0 Å². The number of carbonyl (C=O) groups excluding carboxylic acids is 1. The summed E-state index contributed by atoms with van der Waals surface area (Å²) in [5, 5.41) is 8.83. The molecule has 94 valence electrons. The molecule has 0 aliphatic heterocycles. The van der Waals surface area contributed by atoms with Gasteiger partial charge in [-0.2, -0.15) is 0 Å². The first-order valence-electron chi connectivity index (χ1n) is 5.08. The van der Waals surface area contributed by atoms with Crippen LogP contribution in [0.4, 0.5) is 0 Å². The van der Waals surface area contributed by atoms with Gasteiger partial charge in [0.25, 0.3) is 0 Å². The van der Waals surface area contributed by atoms with Crippen molar-refractivity contribution in [3.05, 3.63) is 12.7 Å². The smallest absolute Gasteiger partial charge is 0.216 e. The minimum atomic E-state index is -0.0331. The molecule has 6 heteroatoms. The van der Waals surface area contributed by atoms with E-state index in [-0.39, 0.29) is 29.9 Å². The average molecular weight is 340 g/mol. The van der Waals surface area contributed by atoms with Gasteiger partial charge in [0.05, 0.1) is 6.54 Å². The minimum absolute atomic E-state index is 0. The number of guanidine groups is 1. The molecule has 16 heavy (non-hydrogen) atoms. The number of carbonyl (C=O) groups is 1. The first kappa shape index (κ1) is 17.6. The zero-order valence-electron chi connectivity index (χ0n) is 9.88. The van der Waals surface area contributed by atoms with Crippen LogP contribution in [0.1, 0.15) is 13.8 Å². The molecular weight excluding hydrogens is 319 g/mol. The van der Waals surface area contributed by atoms with E-state index < -0.39 is 0 Å². The lowest BCUT2D eigenvalue weighted by Crippen LogP contribution is -2.38. The molecular formula is C10H21IN4O. The Morgan fingerprint density at radius 1 is 1.38 bits per heavy atom. The molecule has 0 saturated carbocycles. The molecule has 0 aliphatic carbocycles. The Labute approximate surface area is 114 Å². The third-order valence-electron chi connectivity index (χ3n) is 1.51. The van der Waals surface area contributed by atoms with Gasteiger partial charge in [-0.3, -0.25) is 9.79 Å². The maximum Gasteiger partial charge on any atom is 0.216 e. The maximum absolute atomic E-state index is 10.6. The van der Waals surface area contributed by atoms with Crippen molar-refractivity contribution in [3.8, 4) is 0 Å². The number of halogens is 1. The number of nitrogens with zero attached hydrogens (tertiary/aromatic N) is 1. The molecule has 0 fully saturated rings. The zero-order valence-corrected chi connectivity index (χ0v) is 12.2. The van der Waals surface area contributed by atoms with E-state index in [1.165, 1.54) is 6.92 Å². The van der Waals surface area contributed by atoms with E-state index in [0.29, 0.717) is 19.6 Å². The van der Waals surface area contributed by atoms with Gasteiger partial charge in [-0.15, -0.1) is 30.6 Å². The fraction of sp³-hybridized carbons (Fsp3) is 0.600. The van der Waals surface area contributed by atoms with Crippen molar-refractivity contribution in [2.45, 2.75) is 13.8 Å². The second-order valence-corrected chi connectivity index (χ2v) is 2.91. The second-order valence-electron chi connectivity index (χ2n) is 2.91. The summed E-state index contributed by atoms with van der Waals surface area (Å²) in [5.41, 5.74) is 0. The lowest BCUT2D eigenvalue weighted by atomic mass is 10.5. The van der Waals surface area contributed by atoms with Crippen LogP contribution in [0.15, 0.2) is 17.6 Å². The molecule has 0 rings (SSSR count). The summed E-state index contributed by atoms with van der Waals surface area (Å²) in [6.45, 7) is 9.70. The number of amides is 1. The van der Waals surface area contributed by atoms with E-state index in [4.69, 9.17) is 0 Å². The van der Waals surface area contributed by atoms with Gasteiger partial charge in [0.1, 0.15) is 0 Å². The van der Waals surface area contributed by atoms with Crippen molar-refractivity contribution in [1.29, 1.82) is 0 Å². The topological polar surface area (TPSA) is 65.5 Å². The Bertz CT molecular complexity index is 231. The molecule has 0 heterocycles. The maximum atomic E-state index is 10.6. The molecule has 0 saturated heterocycles. The molecule has 3 N–H and O–H groups in total. The summed E-state index contributed by atoms with van der Waals surface area (Å²) in [6, 6.07) is 0. The van der Waals surface area contributed by atoms with Gasteiger partial charge >= 0.3 is 0 Å². The van der Waals surface area contributed by atoms with Crippen molar-refractivity contribution >= 4 is 35.8 Å². The second kappa shape index (κ2) is 12.3. The van der Waals surface area contributed by atoms with Crippen molar-refractivity contribution in [1.82, 2.24) is 16.0 Å². The predicted molar refractivity (Wildman–Crippen MR) is 78.3 cm³/mol. The first-order valence-corrected chi connectivity index (χ1v) is 5.08. The summed E-state index contributed by atoms with van der Waals surface area (Å²) < 4.78 is 0. The highest BCUT2D eigenvalue weighted by Gasteiger charge is 1.94. The van der Waals surface area contributed by atoms with Crippen molar-refractivity contribution in [2.24, 2.45) is 4.99 Å². The van der Waals surface area contributed by atoms with Crippen molar-refractivity contribution < 1.29 is 4.79 Å². The van der Waals surface area contributed by atoms with Crippen LogP contribution >= 0.6 is 24.0 Å². The standard InChI is InChI=1S/C10H20N4O.HI/c1-4-6-13-10(11-5-2)14-8-7-12-9(3)15;/h4H,1,5-8H2,2-3H3,(H,12,15)(H2,11,13,14);1H. The highest BCUT2D eigenvalue weighted by Crippen LogP contribution is 1.73. The largest absolute Gasteiger partial charge is 0.357 e. The Hall–Kier alpha value is -0.790. The van der Waals surface area contributed by atoms with Crippen LogP contribution in [-0.2, 0) is 4.79 Å². The summed E-state index contributed by atoms with van der Waals surface area (Å²) in [4.78, 5) is 14.8. The molecule has 0 spiro atoms. The highest BCUT2D eigenvalue weighted by atomic mass is 127. The SMILES string of the molecule is C=CCNC(=NCCNC(C)=O)NCC.I. The Morgan fingerprint density at radius 3 is 2.56 bits per heavy atom. The third-order valence-corrected chi connectivity index (χ3v) is 1.51. The van der Waals surface area contributed by atoms with Gasteiger partial charge in [0, 0.05) is 26.6 Å². The van der Waals surface area contributed by atoms with E-state index in [2.05, 4.69) is 27.5 Å². The Kier molecular flexibility index (Phi) is 13.5. The minimum Gasteiger partial charge on any atom is -0.357 e. The molecule has 5 nitrogen and oxygen atoms in total. The van der Waals surface area contributed by atoms with Crippen LogP contribution < -0.4 is 16.0 Å². The molecule has 0 aromatic rings. The molecule has 0 aliphatic rings. The Balaban J connectivity index is 0. The zero-order chi connectivity index (χ0) is 11.5. The van der Waals surface area contributed by atoms with Gasteiger partial charge in [0.2, 0.25) is 5.91 Å². The molecule has 1 amide bonds. The highest BCUT2D eigenvalue weighted by molar-refractivity contribution is 14.0. The summed E-state index contributed by atoms with van der Waals surface area (Å²) in [6.07, 6.45) is 1.76. The summed E-state index contributed by atoms with van der Waals surface area (Å²) >= 11 is 0. The molecule has 0 aromatic carbocycles. The Morgan fingerprint density at radius 2 is 2.06 bits per heavy atom. The fourth-order valence-electron chi connectivity index (χ4n) is 0.910.